The number of ether oxygens (including phenoxy) is 2. The number of rotatable bonds is 5. The molecule has 1 aliphatic heterocycles. The van der Waals surface area contributed by atoms with Crippen molar-refractivity contribution >= 4 is 41.1 Å². The van der Waals surface area contributed by atoms with Crippen molar-refractivity contribution in [3.05, 3.63) is 28.2 Å². The molecular formula is C15H16Cl2N2O5. The molecule has 1 heterocycles. The van der Waals surface area contributed by atoms with E-state index in [2.05, 4.69) is 5.32 Å². The third-order valence-corrected chi connectivity index (χ3v) is 3.82. The number of esters is 1. The molecule has 2 rings (SSSR count). The van der Waals surface area contributed by atoms with Crippen LogP contribution in [-0.2, 0) is 14.3 Å². The monoisotopic (exact) mass is 374 g/mol. The van der Waals surface area contributed by atoms with Crippen molar-refractivity contribution in [3.63, 3.8) is 0 Å². The molecule has 2 atom stereocenters. The standard InChI is InChI=1S/C15H16Cl2N2O5/c1-8(13(20)19-6-5-18-15(19)22)24-14(21)9(2)23-12-4-3-10(16)7-11(12)17/h3-4,7-9H,5-6H2,1-2H3,(H,18,22)/t8-,9-/m0/s1. The Morgan fingerprint density at radius 3 is 2.54 bits per heavy atom. The minimum absolute atomic E-state index is 0.242. The van der Waals surface area contributed by atoms with Gasteiger partial charge in [-0.05, 0) is 32.0 Å². The van der Waals surface area contributed by atoms with Gasteiger partial charge in [-0.15, -0.1) is 0 Å². The lowest BCUT2D eigenvalue weighted by Gasteiger charge is -2.20. The van der Waals surface area contributed by atoms with Gasteiger partial charge in [0.05, 0.1) is 5.02 Å². The van der Waals surface area contributed by atoms with Crippen LogP contribution < -0.4 is 10.1 Å². The van der Waals surface area contributed by atoms with Crippen LogP contribution in [0.2, 0.25) is 10.0 Å². The SMILES string of the molecule is C[C@H](Oc1ccc(Cl)cc1Cl)C(=O)O[C@@H](C)C(=O)N1CCNC1=O. The molecule has 0 aromatic heterocycles. The summed E-state index contributed by atoms with van der Waals surface area (Å²) in [5.41, 5.74) is 0. The summed E-state index contributed by atoms with van der Waals surface area (Å²) < 4.78 is 10.5. The summed E-state index contributed by atoms with van der Waals surface area (Å²) in [6.45, 7) is 3.48. The summed E-state index contributed by atoms with van der Waals surface area (Å²) in [4.78, 5) is 36.6. The molecule has 130 valence electrons. The lowest BCUT2D eigenvalue weighted by Crippen LogP contribution is -2.43. The molecule has 24 heavy (non-hydrogen) atoms. The third kappa shape index (κ3) is 4.30. The molecule has 0 radical (unpaired) electrons. The molecule has 0 aliphatic carbocycles. The van der Waals surface area contributed by atoms with Crippen LogP contribution >= 0.6 is 23.2 Å². The number of nitrogens with one attached hydrogen (secondary N) is 1. The van der Waals surface area contributed by atoms with Gasteiger partial charge in [0.2, 0.25) is 0 Å². The van der Waals surface area contributed by atoms with E-state index in [1.807, 2.05) is 0 Å². The summed E-state index contributed by atoms with van der Waals surface area (Å²) in [6.07, 6.45) is -2.10. The molecule has 3 amide bonds. The highest BCUT2D eigenvalue weighted by Gasteiger charge is 2.32. The molecule has 1 N–H and O–H groups in total. The van der Waals surface area contributed by atoms with Crippen molar-refractivity contribution in [2.24, 2.45) is 0 Å². The highest BCUT2D eigenvalue weighted by Crippen LogP contribution is 2.28. The van der Waals surface area contributed by atoms with Gasteiger partial charge in [0.15, 0.2) is 12.2 Å². The van der Waals surface area contributed by atoms with Gasteiger partial charge in [-0.2, -0.15) is 0 Å². The first-order valence-electron chi connectivity index (χ1n) is 7.21. The Labute approximate surface area is 148 Å². The molecule has 1 aromatic carbocycles. The number of benzene rings is 1. The number of carbonyl (C=O) groups is 3. The van der Waals surface area contributed by atoms with Crippen molar-refractivity contribution in [1.82, 2.24) is 10.2 Å². The first-order valence-corrected chi connectivity index (χ1v) is 7.96. The molecule has 0 spiro atoms. The number of urea groups is 1. The van der Waals surface area contributed by atoms with Gasteiger partial charge in [0.1, 0.15) is 5.75 Å². The van der Waals surface area contributed by atoms with Gasteiger partial charge in [0, 0.05) is 18.1 Å². The Morgan fingerprint density at radius 2 is 1.96 bits per heavy atom. The number of carbonyl (C=O) groups excluding carboxylic acids is 3. The van der Waals surface area contributed by atoms with Gasteiger partial charge in [-0.1, -0.05) is 23.2 Å². The normalized spacial score (nSPS) is 16.3. The number of hydrogen-bond donors (Lipinski definition) is 1. The maximum Gasteiger partial charge on any atom is 0.347 e. The first-order chi connectivity index (χ1) is 11.3. The van der Waals surface area contributed by atoms with Crippen LogP contribution in [-0.4, -0.2) is 48.1 Å². The van der Waals surface area contributed by atoms with E-state index in [1.165, 1.54) is 26.0 Å². The van der Waals surface area contributed by atoms with E-state index in [-0.39, 0.29) is 17.3 Å². The summed E-state index contributed by atoms with van der Waals surface area (Å²) in [6, 6.07) is 4.07. The number of amides is 3. The smallest absolute Gasteiger partial charge is 0.347 e. The average molecular weight is 375 g/mol. The van der Waals surface area contributed by atoms with E-state index in [9.17, 15) is 14.4 Å². The van der Waals surface area contributed by atoms with E-state index in [1.54, 1.807) is 6.07 Å². The van der Waals surface area contributed by atoms with Crippen molar-refractivity contribution in [2.45, 2.75) is 26.1 Å². The predicted octanol–water partition coefficient (Wildman–Crippen LogP) is 2.24. The van der Waals surface area contributed by atoms with Crippen LogP contribution in [0.5, 0.6) is 5.75 Å². The first kappa shape index (κ1) is 18.4. The highest BCUT2D eigenvalue weighted by molar-refractivity contribution is 6.35. The van der Waals surface area contributed by atoms with Crippen molar-refractivity contribution in [1.29, 1.82) is 0 Å². The van der Waals surface area contributed by atoms with Gasteiger partial charge in [-0.25, -0.2) is 9.59 Å². The third-order valence-electron chi connectivity index (χ3n) is 3.29. The summed E-state index contributed by atoms with van der Waals surface area (Å²) >= 11 is 11.8. The number of halogens is 2. The minimum Gasteiger partial charge on any atom is -0.477 e. The van der Waals surface area contributed by atoms with Crippen molar-refractivity contribution in [3.8, 4) is 5.75 Å². The topological polar surface area (TPSA) is 84.9 Å². The molecule has 1 fully saturated rings. The van der Waals surface area contributed by atoms with Crippen molar-refractivity contribution in [2.75, 3.05) is 13.1 Å². The van der Waals surface area contributed by atoms with Gasteiger partial charge < -0.3 is 14.8 Å². The highest BCUT2D eigenvalue weighted by atomic mass is 35.5. The molecule has 7 nitrogen and oxygen atoms in total. The molecule has 0 bridgehead atoms. The van der Waals surface area contributed by atoms with E-state index >= 15 is 0 Å². The van der Waals surface area contributed by atoms with E-state index < -0.39 is 30.1 Å². The predicted molar refractivity (Wildman–Crippen MR) is 87.2 cm³/mol. The van der Waals surface area contributed by atoms with Crippen LogP contribution in [0, 0.1) is 0 Å². The zero-order valence-electron chi connectivity index (χ0n) is 13.0. The number of imide groups is 1. The average Bonchev–Trinajstić information content (AvgIpc) is 2.95. The Bertz CT molecular complexity index is 667. The fourth-order valence-corrected chi connectivity index (χ4v) is 2.48. The lowest BCUT2D eigenvalue weighted by molar-refractivity contribution is -0.163. The molecule has 1 aromatic rings. The molecule has 0 unspecified atom stereocenters. The number of hydrogen-bond acceptors (Lipinski definition) is 5. The van der Waals surface area contributed by atoms with Crippen LogP contribution in [0.4, 0.5) is 4.79 Å². The second kappa shape index (κ2) is 7.72. The maximum atomic E-state index is 12.1. The van der Waals surface area contributed by atoms with E-state index in [4.69, 9.17) is 32.7 Å². The van der Waals surface area contributed by atoms with E-state index in [0.717, 1.165) is 4.90 Å². The number of nitrogens with zero attached hydrogens (tertiary/aromatic N) is 1. The van der Waals surface area contributed by atoms with Gasteiger partial charge in [0.25, 0.3) is 5.91 Å². The van der Waals surface area contributed by atoms with Crippen molar-refractivity contribution < 1.29 is 23.9 Å². The van der Waals surface area contributed by atoms with Gasteiger partial charge in [-0.3, -0.25) is 9.69 Å². The van der Waals surface area contributed by atoms with Crippen LogP contribution in [0.15, 0.2) is 18.2 Å². The molecule has 9 heteroatoms. The van der Waals surface area contributed by atoms with Gasteiger partial charge >= 0.3 is 12.0 Å². The molecule has 0 saturated carbocycles. The Balaban J connectivity index is 1.93. The zero-order valence-corrected chi connectivity index (χ0v) is 14.6. The van der Waals surface area contributed by atoms with E-state index in [0.29, 0.717) is 11.6 Å². The quantitative estimate of drug-likeness (QED) is 0.798. The molecular weight excluding hydrogens is 359 g/mol. The Morgan fingerprint density at radius 1 is 1.25 bits per heavy atom. The fraction of sp³-hybridized carbons (Fsp3) is 0.400. The van der Waals surface area contributed by atoms with Crippen LogP contribution in [0.3, 0.4) is 0 Å². The molecule has 1 saturated heterocycles. The summed E-state index contributed by atoms with van der Waals surface area (Å²) in [5, 5.41) is 3.19. The maximum absolute atomic E-state index is 12.1. The minimum atomic E-state index is -1.10. The summed E-state index contributed by atoms with van der Waals surface area (Å²) in [5.74, 6) is -1.07. The Hall–Kier alpha value is -1.99. The van der Waals surface area contributed by atoms with Crippen LogP contribution in [0.1, 0.15) is 13.8 Å². The molecule has 1 aliphatic rings. The second-order valence-corrected chi connectivity index (χ2v) is 5.98. The summed E-state index contributed by atoms with van der Waals surface area (Å²) in [7, 11) is 0. The lowest BCUT2D eigenvalue weighted by atomic mass is 10.3. The Kier molecular flexibility index (Phi) is 5.90. The second-order valence-electron chi connectivity index (χ2n) is 5.14. The zero-order chi connectivity index (χ0) is 17.9. The van der Waals surface area contributed by atoms with Crippen LogP contribution in [0.25, 0.3) is 0 Å². The fourth-order valence-electron chi connectivity index (χ4n) is 2.03. The largest absolute Gasteiger partial charge is 0.477 e.